The maximum Gasteiger partial charge on any atom is 0.323 e. The number of hydrazine groups is 1. The highest BCUT2D eigenvalue weighted by Crippen LogP contribution is 2.17. The van der Waals surface area contributed by atoms with Gasteiger partial charge < -0.3 is 10.1 Å². The van der Waals surface area contributed by atoms with Crippen LogP contribution in [-0.2, 0) is 0 Å². The summed E-state index contributed by atoms with van der Waals surface area (Å²) in [5.74, 6) is 5.98. The summed E-state index contributed by atoms with van der Waals surface area (Å²) in [5.41, 5.74) is 4.43. The number of nitrogens with two attached hydrogens (primary N) is 1. The van der Waals surface area contributed by atoms with Crippen molar-refractivity contribution >= 4 is 17.6 Å². The van der Waals surface area contributed by atoms with Crippen molar-refractivity contribution in [2.45, 2.75) is 20.3 Å². The molecule has 0 atom stereocenters. The molecule has 0 aliphatic rings. The van der Waals surface area contributed by atoms with Crippen molar-refractivity contribution in [2.24, 2.45) is 5.84 Å². The van der Waals surface area contributed by atoms with Gasteiger partial charge in [0.1, 0.15) is 0 Å². The van der Waals surface area contributed by atoms with Gasteiger partial charge in [0.25, 0.3) is 0 Å². The van der Waals surface area contributed by atoms with Crippen molar-refractivity contribution in [1.82, 2.24) is 15.0 Å². The predicted octanol–water partition coefficient (Wildman–Crippen LogP) is 2.00. The summed E-state index contributed by atoms with van der Waals surface area (Å²) >= 11 is 0. The van der Waals surface area contributed by atoms with Gasteiger partial charge in [0.2, 0.25) is 11.9 Å². The number of benzene rings is 1. The van der Waals surface area contributed by atoms with Crippen LogP contribution < -0.4 is 21.3 Å². The summed E-state index contributed by atoms with van der Waals surface area (Å²) in [6, 6.07) is 8.13. The monoisotopic (exact) mass is 274 g/mol. The second-order valence-electron chi connectivity index (χ2n) is 4.25. The Labute approximate surface area is 117 Å². The van der Waals surface area contributed by atoms with E-state index < -0.39 is 0 Å². The van der Waals surface area contributed by atoms with Gasteiger partial charge in [0, 0.05) is 5.69 Å². The summed E-state index contributed by atoms with van der Waals surface area (Å²) < 4.78 is 5.40. The lowest BCUT2D eigenvalue weighted by molar-refractivity contribution is 0.292. The lowest BCUT2D eigenvalue weighted by Crippen LogP contribution is -2.13. The number of nitrogens with zero attached hydrogens (tertiary/aromatic N) is 3. The Kier molecular flexibility index (Phi) is 4.67. The fourth-order valence-electron chi connectivity index (χ4n) is 1.59. The van der Waals surface area contributed by atoms with Crippen molar-refractivity contribution in [1.29, 1.82) is 0 Å². The van der Waals surface area contributed by atoms with Crippen LogP contribution in [0.2, 0.25) is 0 Å². The molecule has 0 saturated heterocycles. The van der Waals surface area contributed by atoms with E-state index in [0.717, 1.165) is 17.7 Å². The van der Waals surface area contributed by atoms with Gasteiger partial charge in [-0.2, -0.15) is 15.0 Å². The van der Waals surface area contributed by atoms with Gasteiger partial charge in [-0.05, 0) is 31.0 Å². The number of rotatable bonds is 6. The first kappa shape index (κ1) is 14.0. The molecule has 0 bridgehead atoms. The summed E-state index contributed by atoms with van der Waals surface area (Å²) in [6.07, 6.45) is 0.873. The Morgan fingerprint density at radius 3 is 2.70 bits per heavy atom. The number of aromatic nitrogens is 3. The van der Waals surface area contributed by atoms with E-state index in [4.69, 9.17) is 10.6 Å². The minimum Gasteiger partial charge on any atom is -0.463 e. The Morgan fingerprint density at radius 1 is 1.20 bits per heavy atom. The Bertz CT molecular complexity index is 575. The van der Waals surface area contributed by atoms with Crippen molar-refractivity contribution in [2.75, 3.05) is 17.3 Å². The first-order valence-electron chi connectivity index (χ1n) is 6.40. The fourth-order valence-corrected chi connectivity index (χ4v) is 1.59. The second-order valence-corrected chi connectivity index (χ2v) is 4.25. The van der Waals surface area contributed by atoms with E-state index in [-0.39, 0.29) is 12.0 Å². The fraction of sp³-hybridized carbons (Fsp3) is 0.308. The number of anilines is 3. The summed E-state index contributed by atoms with van der Waals surface area (Å²) in [5, 5.41) is 3.10. The van der Waals surface area contributed by atoms with Crippen molar-refractivity contribution in [3.05, 3.63) is 29.8 Å². The Hall–Kier alpha value is -2.41. The van der Waals surface area contributed by atoms with E-state index in [1.807, 2.05) is 38.1 Å². The van der Waals surface area contributed by atoms with Crippen LogP contribution in [0.3, 0.4) is 0 Å². The lowest BCUT2D eigenvalue weighted by atomic mass is 10.2. The molecular formula is C13H18N6O. The molecule has 1 aromatic heterocycles. The van der Waals surface area contributed by atoms with Crippen LogP contribution in [0.4, 0.5) is 17.6 Å². The first-order valence-corrected chi connectivity index (χ1v) is 6.40. The number of aryl methyl sites for hydroxylation is 1. The van der Waals surface area contributed by atoms with Crippen molar-refractivity contribution < 1.29 is 4.74 Å². The normalized spacial score (nSPS) is 10.2. The van der Waals surface area contributed by atoms with Gasteiger partial charge in [-0.3, -0.25) is 5.43 Å². The maximum atomic E-state index is 5.40. The minimum atomic E-state index is 0.241. The highest BCUT2D eigenvalue weighted by atomic mass is 16.5. The van der Waals surface area contributed by atoms with Crippen LogP contribution in [-0.4, -0.2) is 21.6 Å². The molecule has 1 heterocycles. The first-order chi connectivity index (χ1) is 9.71. The standard InChI is InChI=1S/C13H18N6O/c1-3-7-20-13-17-11(16-12(18-13)19-14)15-10-6-4-5-9(2)8-10/h4-6,8H,3,7,14H2,1-2H3,(H2,15,16,17,18,19). The van der Waals surface area contributed by atoms with E-state index in [9.17, 15) is 0 Å². The molecule has 0 spiro atoms. The van der Waals surface area contributed by atoms with Gasteiger partial charge in [-0.1, -0.05) is 19.1 Å². The quantitative estimate of drug-likeness (QED) is 0.547. The third-order valence-corrected chi connectivity index (χ3v) is 2.45. The molecule has 0 unspecified atom stereocenters. The zero-order chi connectivity index (χ0) is 14.4. The molecule has 0 aliphatic heterocycles. The third-order valence-electron chi connectivity index (χ3n) is 2.45. The molecule has 106 valence electrons. The van der Waals surface area contributed by atoms with E-state index in [1.54, 1.807) is 0 Å². The number of hydrogen-bond donors (Lipinski definition) is 3. The minimum absolute atomic E-state index is 0.241. The largest absolute Gasteiger partial charge is 0.463 e. The zero-order valence-electron chi connectivity index (χ0n) is 11.6. The van der Waals surface area contributed by atoms with Crippen molar-refractivity contribution in [3.8, 4) is 6.01 Å². The average molecular weight is 274 g/mol. The number of nitrogen functional groups attached to an aromatic ring is 1. The molecule has 4 N–H and O–H groups in total. The molecule has 2 aromatic rings. The summed E-state index contributed by atoms with van der Waals surface area (Å²) in [4.78, 5) is 12.4. The molecule has 0 fully saturated rings. The molecule has 0 amide bonds. The van der Waals surface area contributed by atoms with Crippen LogP contribution in [0.15, 0.2) is 24.3 Å². The highest BCUT2D eigenvalue weighted by Gasteiger charge is 2.07. The van der Waals surface area contributed by atoms with E-state index in [0.29, 0.717) is 12.6 Å². The van der Waals surface area contributed by atoms with E-state index >= 15 is 0 Å². The number of hydrogen-bond acceptors (Lipinski definition) is 7. The lowest BCUT2D eigenvalue weighted by Gasteiger charge is -2.09. The van der Waals surface area contributed by atoms with Crippen LogP contribution in [0.25, 0.3) is 0 Å². The van der Waals surface area contributed by atoms with Crippen LogP contribution in [0.1, 0.15) is 18.9 Å². The Balaban J connectivity index is 2.21. The van der Waals surface area contributed by atoms with Gasteiger partial charge >= 0.3 is 6.01 Å². The Morgan fingerprint density at radius 2 is 2.00 bits per heavy atom. The molecule has 7 heteroatoms. The smallest absolute Gasteiger partial charge is 0.323 e. The molecule has 0 radical (unpaired) electrons. The maximum absolute atomic E-state index is 5.40. The average Bonchev–Trinajstić information content (AvgIpc) is 2.45. The summed E-state index contributed by atoms with van der Waals surface area (Å²) in [7, 11) is 0. The number of nitrogens with one attached hydrogen (secondary N) is 2. The highest BCUT2D eigenvalue weighted by molar-refractivity contribution is 5.55. The van der Waals surface area contributed by atoms with Gasteiger partial charge in [0.05, 0.1) is 6.61 Å². The predicted molar refractivity (Wildman–Crippen MR) is 77.9 cm³/mol. The van der Waals surface area contributed by atoms with Gasteiger partial charge in [-0.25, -0.2) is 5.84 Å². The van der Waals surface area contributed by atoms with Crippen LogP contribution in [0.5, 0.6) is 6.01 Å². The van der Waals surface area contributed by atoms with Crippen LogP contribution in [0, 0.1) is 6.92 Å². The van der Waals surface area contributed by atoms with E-state index in [1.165, 1.54) is 0 Å². The molecule has 20 heavy (non-hydrogen) atoms. The van der Waals surface area contributed by atoms with E-state index in [2.05, 4.69) is 25.7 Å². The van der Waals surface area contributed by atoms with Gasteiger partial charge in [0.15, 0.2) is 0 Å². The van der Waals surface area contributed by atoms with Crippen molar-refractivity contribution in [3.63, 3.8) is 0 Å². The summed E-state index contributed by atoms with van der Waals surface area (Å²) in [6.45, 7) is 4.56. The molecule has 7 nitrogen and oxygen atoms in total. The third kappa shape index (κ3) is 3.79. The van der Waals surface area contributed by atoms with Crippen LogP contribution >= 0.6 is 0 Å². The second kappa shape index (κ2) is 6.67. The van der Waals surface area contributed by atoms with Gasteiger partial charge in [-0.15, -0.1) is 0 Å². The molecule has 1 aromatic carbocycles. The molecular weight excluding hydrogens is 256 g/mol. The zero-order valence-corrected chi connectivity index (χ0v) is 11.6. The topological polar surface area (TPSA) is 98.0 Å². The number of ether oxygens (including phenoxy) is 1. The molecule has 0 saturated carbocycles. The SMILES string of the molecule is CCCOc1nc(NN)nc(Nc2cccc(C)c2)n1. The molecule has 0 aliphatic carbocycles. The molecule has 2 rings (SSSR count).